The van der Waals surface area contributed by atoms with Gasteiger partial charge in [0.2, 0.25) is 5.91 Å². The summed E-state index contributed by atoms with van der Waals surface area (Å²) in [5.74, 6) is 0.272. The van der Waals surface area contributed by atoms with Gasteiger partial charge in [-0.15, -0.1) is 0 Å². The quantitative estimate of drug-likeness (QED) is 0.653. The van der Waals surface area contributed by atoms with Crippen molar-refractivity contribution in [1.82, 2.24) is 10.2 Å². The van der Waals surface area contributed by atoms with E-state index in [1.165, 1.54) is 0 Å². The van der Waals surface area contributed by atoms with Crippen LogP contribution in [0.2, 0.25) is 0 Å². The predicted octanol–water partition coefficient (Wildman–Crippen LogP) is -0.976. The van der Waals surface area contributed by atoms with Crippen LogP contribution >= 0.6 is 0 Å². The molecule has 0 saturated carbocycles. The Kier molecular flexibility index (Phi) is 3.33. The second kappa shape index (κ2) is 4.72. The number of Topliss-reactive ketones (excluding diaryl/α,β-unsaturated/α-hetero) is 1. The Morgan fingerprint density at radius 3 is 3.13 bits per heavy atom. The number of amides is 1. The molecule has 2 aliphatic heterocycles. The Labute approximate surface area is 88.8 Å². The van der Waals surface area contributed by atoms with Gasteiger partial charge in [-0.3, -0.25) is 14.5 Å². The Hall–Kier alpha value is -0.940. The third kappa shape index (κ3) is 2.76. The first-order valence-corrected chi connectivity index (χ1v) is 5.35. The summed E-state index contributed by atoms with van der Waals surface area (Å²) in [6.45, 7) is 3.40. The van der Waals surface area contributed by atoms with E-state index in [9.17, 15) is 9.59 Å². The molecule has 0 bridgehead atoms. The lowest BCUT2D eigenvalue weighted by atomic mass is 10.0. The first-order chi connectivity index (χ1) is 7.25. The highest BCUT2D eigenvalue weighted by Gasteiger charge is 2.26. The highest BCUT2D eigenvalue weighted by atomic mass is 16.5. The largest absolute Gasteiger partial charge is 0.381 e. The summed E-state index contributed by atoms with van der Waals surface area (Å²) in [5, 5.41) is 2.74. The SMILES string of the molecule is O=C1CN(CC(=O)C2CCOC2)CCN1. The molecule has 2 aliphatic rings. The topological polar surface area (TPSA) is 58.6 Å². The molecule has 0 aromatic carbocycles. The van der Waals surface area contributed by atoms with Crippen molar-refractivity contribution in [2.75, 3.05) is 39.4 Å². The van der Waals surface area contributed by atoms with Gasteiger partial charge in [0.25, 0.3) is 0 Å². The zero-order valence-electron chi connectivity index (χ0n) is 8.70. The third-order valence-electron chi connectivity index (χ3n) is 2.88. The van der Waals surface area contributed by atoms with Gasteiger partial charge >= 0.3 is 0 Å². The van der Waals surface area contributed by atoms with Crippen LogP contribution in [-0.2, 0) is 14.3 Å². The molecule has 0 aromatic heterocycles. The average Bonchev–Trinajstić information content (AvgIpc) is 2.70. The van der Waals surface area contributed by atoms with Crippen molar-refractivity contribution in [2.45, 2.75) is 6.42 Å². The first kappa shape index (κ1) is 10.6. The monoisotopic (exact) mass is 212 g/mol. The number of ketones is 1. The Balaban J connectivity index is 1.79. The minimum absolute atomic E-state index is 0.0109. The number of nitrogens with one attached hydrogen (secondary N) is 1. The van der Waals surface area contributed by atoms with E-state index in [1.54, 1.807) is 0 Å². The molecule has 84 valence electrons. The summed E-state index contributed by atoms with van der Waals surface area (Å²) >= 11 is 0. The van der Waals surface area contributed by atoms with E-state index in [-0.39, 0.29) is 17.6 Å². The molecule has 2 heterocycles. The molecule has 15 heavy (non-hydrogen) atoms. The maximum Gasteiger partial charge on any atom is 0.234 e. The maximum atomic E-state index is 11.8. The van der Waals surface area contributed by atoms with Crippen LogP contribution in [0.15, 0.2) is 0 Å². The standard InChI is InChI=1S/C10H16N2O3/c13-9(8-1-4-15-7-8)5-12-3-2-11-10(14)6-12/h8H,1-7H2,(H,11,14). The van der Waals surface area contributed by atoms with E-state index >= 15 is 0 Å². The Morgan fingerprint density at radius 2 is 2.47 bits per heavy atom. The van der Waals surface area contributed by atoms with Crippen LogP contribution in [0.5, 0.6) is 0 Å². The normalized spacial score (nSPS) is 27.7. The van der Waals surface area contributed by atoms with Gasteiger partial charge in [0.1, 0.15) is 0 Å². The van der Waals surface area contributed by atoms with Crippen LogP contribution < -0.4 is 5.32 Å². The van der Waals surface area contributed by atoms with Crippen molar-refractivity contribution in [1.29, 1.82) is 0 Å². The van der Waals surface area contributed by atoms with Gasteiger partial charge in [-0.25, -0.2) is 0 Å². The van der Waals surface area contributed by atoms with Crippen LogP contribution in [0.1, 0.15) is 6.42 Å². The number of carbonyl (C=O) groups excluding carboxylic acids is 2. The lowest BCUT2D eigenvalue weighted by molar-refractivity contribution is -0.127. The van der Waals surface area contributed by atoms with E-state index in [1.807, 2.05) is 4.90 Å². The molecule has 2 saturated heterocycles. The van der Waals surface area contributed by atoms with Gasteiger partial charge in [-0.1, -0.05) is 0 Å². The molecule has 1 atom stereocenters. The van der Waals surface area contributed by atoms with Crippen LogP contribution in [0.3, 0.4) is 0 Å². The second-order valence-corrected chi connectivity index (χ2v) is 4.09. The lowest BCUT2D eigenvalue weighted by Crippen LogP contribution is -2.49. The molecule has 5 nitrogen and oxygen atoms in total. The Bertz CT molecular complexity index is 261. The van der Waals surface area contributed by atoms with E-state index in [4.69, 9.17) is 4.74 Å². The lowest BCUT2D eigenvalue weighted by Gasteiger charge is -2.26. The van der Waals surface area contributed by atoms with Crippen LogP contribution in [0.25, 0.3) is 0 Å². The van der Waals surface area contributed by atoms with Crippen LogP contribution in [-0.4, -0.2) is 56.0 Å². The third-order valence-corrected chi connectivity index (χ3v) is 2.88. The number of piperazine rings is 1. The van der Waals surface area contributed by atoms with Gasteiger partial charge in [0.15, 0.2) is 5.78 Å². The zero-order valence-corrected chi connectivity index (χ0v) is 8.70. The predicted molar refractivity (Wildman–Crippen MR) is 53.4 cm³/mol. The molecule has 0 radical (unpaired) electrons. The van der Waals surface area contributed by atoms with Gasteiger partial charge in [-0.05, 0) is 6.42 Å². The fourth-order valence-corrected chi connectivity index (χ4v) is 1.96. The molecule has 0 spiro atoms. The van der Waals surface area contributed by atoms with Gasteiger partial charge in [0.05, 0.1) is 19.7 Å². The van der Waals surface area contributed by atoms with Gasteiger partial charge in [-0.2, -0.15) is 0 Å². The van der Waals surface area contributed by atoms with Crippen molar-refractivity contribution in [3.05, 3.63) is 0 Å². The molecule has 1 unspecified atom stereocenters. The van der Waals surface area contributed by atoms with Gasteiger partial charge < -0.3 is 10.1 Å². The first-order valence-electron chi connectivity index (χ1n) is 5.35. The molecular weight excluding hydrogens is 196 g/mol. The van der Waals surface area contributed by atoms with E-state index < -0.39 is 0 Å². The molecule has 1 N–H and O–H groups in total. The molecule has 2 fully saturated rings. The van der Waals surface area contributed by atoms with Crippen molar-refractivity contribution in [3.8, 4) is 0 Å². The molecule has 2 rings (SSSR count). The highest BCUT2D eigenvalue weighted by Crippen LogP contribution is 2.14. The minimum Gasteiger partial charge on any atom is -0.381 e. The number of ether oxygens (including phenoxy) is 1. The summed E-state index contributed by atoms with van der Waals surface area (Å²) < 4.78 is 5.17. The fourth-order valence-electron chi connectivity index (χ4n) is 1.96. The van der Waals surface area contributed by atoms with Gasteiger partial charge in [0, 0.05) is 25.6 Å². The van der Waals surface area contributed by atoms with Crippen LogP contribution in [0.4, 0.5) is 0 Å². The smallest absolute Gasteiger partial charge is 0.234 e. The van der Waals surface area contributed by atoms with Crippen molar-refractivity contribution < 1.29 is 14.3 Å². The summed E-state index contributed by atoms with van der Waals surface area (Å²) in [6, 6.07) is 0. The van der Waals surface area contributed by atoms with E-state index in [2.05, 4.69) is 5.32 Å². The molecule has 5 heteroatoms. The maximum absolute atomic E-state index is 11.8. The number of hydrogen-bond donors (Lipinski definition) is 1. The highest BCUT2D eigenvalue weighted by molar-refractivity contribution is 5.85. The molecule has 1 amide bonds. The average molecular weight is 212 g/mol. The van der Waals surface area contributed by atoms with E-state index in [0.717, 1.165) is 13.0 Å². The summed E-state index contributed by atoms with van der Waals surface area (Å²) in [6.07, 6.45) is 0.832. The van der Waals surface area contributed by atoms with Crippen molar-refractivity contribution in [2.24, 2.45) is 5.92 Å². The summed E-state index contributed by atoms with van der Waals surface area (Å²) in [4.78, 5) is 24.8. The second-order valence-electron chi connectivity index (χ2n) is 4.09. The van der Waals surface area contributed by atoms with Crippen molar-refractivity contribution >= 4 is 11.7 Å². The molecule has 0 aromatic rings. The molecule has 0 aliphatic carbocycles. The Morgan fingerprint density at radius 1 is 1.60 bits per heavy atom. The number of carbonyl (C=O) groups is 2. The summed E-state index contributed by atoms with van der Waals surface area (Å²) in [5.41, 5.74) is 0. The number of hydrogen-bond acceptors (Lipinski definition) is 4. The fraction of sp³-hybridized carbons (Fsp3) is 0.800. The van der Waals surface area contributed by atoms with Crippen LogP contribution in [0, 0.1) is 5.92 Å². The zero-order chi connectivity index (χ0) is 10.7. The molecular formula is C10H16N2O3. The minimum atomic E-state index is 0.0109. The number of rotatable bonds is 3. The number of nitrogens with zero attached hydrogens (tertiary/aromatic N) is 1. The summed E-state index contributed by atoms with van der Waals surface area (Å²) in [7, 11) is 0. The van der Waals surface area contributed by atoms with E-state index in [0.29, 0.717) is 32.8 Å². The van der Waals surface area contributed by atoms with Crippen molar-refractivity contribution in [3.63, 3.8) is 0 Å².